The molecule has 136 valence electrons. The van der Waals surface area contributed by atoms with Gasteiger partial charge in [0.1, 0.15) is 12.3 Å². The van der Waals surface area contributed by atoms with Gasteiger partial charge in [-0.2, -0.15) is 0 Å². The normalized spacial score (nSPS) is 13.3. The van der Waals surface area contributed by atoms with Gasteiger partial charge in [-0.1, -0.05) is 23.4 Å². The van der Waals surface area contributed by atoms with Crippen LogP contribution in [0.4, 0.5) is 0 Å². The molecule has 0 unspecified atom stereocenters. The van der Waals surface area contributed by atoms with Gasteiger partial charge in [0.25, 0.3) is 0 Å². The summed E-state index contributed by atoms with van der Waals surface area (Å²) in [6.07, 6.45) is 5.82. The van der Waals surface area contributed by atoms with Gasteiger partial charge >= 0.3 is 0 Å². The minimum Gasteiger partial charge on any atom is -0.493 e. The molecular formula is C22H20N2O3. The molecule has 1 aromatic heterocycles. The minimum absolute atomic E-state index is 0.378. The number of oxime groups is 1. The SMILES string of the molecule is C#CCCO/N=C1/c2cc(OC)c(OC)cc2-c2c1c1ccccc1n2C. The highest BCUT2D eigenvalue weighted by molar-refractivity contribution is 6.30. The highest BCUT2D eigenvalue weighted by atomic mass is 16.6. The standard InChI is InChI=1S/C22H20N2O3/c1-5-6-11-27-23-21-15-12-18(25-3)19(26-4)13-16(15)22-20(21)14-9-7-8-10-17(14)24(22)2/h1,7-10,12-13H,6,11H2,2-4H3/b23-21-. The second-order valence-electron chi connectivity index (χ2n) is 6.28. The lowest BCUT2D eigenvalue weighted by molar-refractivity contribution is 0.151. The van der Waals surface area contributed by atoms with Crippen LogP contribution in [0.25, 0.3) is 22.2 Å². The predicted molar refractivity (Wildman–Crippen MR) is 107 cm³/mol. The van der Waals surface area contributed by atoms with Gasteiger partial charge in [-0.05, 0) is 18.2 Å². The molecule has 0 aliphatic heterocycles. The quantitative estimate of drug-likeness (QED) is 0.307. The van der Waals surface area contributed by atoms with E-state index in [1.54, 1.807) is 14.2 Å². The molecule has 0 saturated heterocycles. The lowest BCUT2D eigenvalue weighted by Gasteiger charge is -2.12. The first-order valence-corrected chi connectivity index (χ1v) is 8.69. The summed E-state index contributed by atoms with van der Waals surface area (Å²) in [6, 6.07) is 12.2. The van der Waals surface area contributed by atoms with Crippen LogP contribution in [0, 0.1) is 12.3 Å². The second-order valence-corrected chi connectivity index (χ2v) is 6.28. The fourth-order valence-corrected chi connectivity index (χ4v) is 3.66. The van der Waals surface area contributed by atoms with E-state index in [-0.39, 0.29) is 0 Å². The molecule has 0 saturated carbocycles. The number of hydrogen-bond acceptors (Lipinski definition) is 4. The lowest BCUT2D eigenvalue weighted by atomic mass is 10.1. The van der Waals surface area contributed by atoms with E-state index in [2.05, 4.69) is 34.8 Å². The van der Waals surface area contributed by atoms with Crippen molar-refractivity contribution in [3.05, 3.63) is 47.5 Å². The smallest absolute Gasteiger partial charge is 0.161 e. The first-order chi connectivity index (χ1) is 13.2. The molecule has 4 rings (SSSR count). The molecular weight excluding hydrogens is 340 g/mol. The van der Waals surface area contributed by atoms with E-state index in [4.69, 9.17) is 20.7 Å². The number of terminal acetylenes is 1. The Bertz CT molecular complexity index is 1100. The summed E-state index contributed by atoms with van der Waals surface area (Å²) < 4.78 is 13.2. The Hall–Kier alpha value is -3.39. The summed E-state index contributed by atoms with van der Waals surface area (Å²) >= 11 is 0. The van der Waals surface area contributed by atoms with Crippen LogP contribution in [0.5, 0.6) is 11.5 Å². The maximum atomic E-state index is 5.52. The van der Waals surface area contributed by atoms with Crippen LogP contribution < -0.4 is 9.47 Å². The highest BCUT2D eigenvalue weighted by Gasteiger charge is 2.33. The maximum Gasteiger partial charge on any atom is 0.161 e. The van der Waals surface area contributed by atoms with Crippen molar-refractivity contribution >= 4 is 16.6 Å². The van der Waals surface area contributed by atoms with Crippen molar-refractivity contribution in [3.8, 4) is 35.1 Å². The van der Waals surface area contributed by atoms with Crippen LogP contribution in [0.15, 0.2) is 41.6 Å². The van der Waals surface area contributed by atoms with E-state index in [9.17, 15) is 0 Å². The van der Waals surface area contributed by atoms with Gasteiger partial charge < -0.3 is 18.9 Å². The Morgan fingerprint density at radius 1 is 1.07 bits per heavy atom. The third-order valence-electron chi connectivity index (χ3n) is 4.87. The molecule has 0 fully saturated rings. The third-order valence-corrected chi connectivity index (χ3v) is 4.87. The van der Waals surface area contributed by atoms with Crippen molar-refractivity contribution in [1.29, 1.82) is 0 Å². The van der Waals surface area contributed by atoms with Crippen LogP contribution in [-0.2, 0) is 11.9 Å². The highest BCUT2D eigenvalue weighted by Crippen LogP contribution is 2.46. The Kier molecular flexibility index (Phi) is 4.25. The van der Waals surface area contributed by atoms with Gasteiger partial charge in [0.05, 0.1) is 19.9 Å². The van der Waals surface area contributed by atoms with Crippen LogP contribution >= 0.6 is 0 Å². The van der Waals surface area contributed by atoms with E-state index in [0.29, 0.717) is 24.5 Å². The monoisotopic (exact) mass is 360 g/mol. The zero-order valence-electron chi connectivity index (χ0n) is 15.6. The molecule has 1 aliphatic carbocycles. The molecule has 1 heterocycles. The van der Waals surface area contributed by atoms with Gasteiger partial charge in [-0.25, -0.2) is 0 Å². The third kappa shape index (κ3) is 2.53. The predicted octanol–water partition coefficient (Wildman–Crippen LogP) is 3.97. The number of benzene rings is 2. The van der Waals surface area contributed by atoms with Crippen LogP contribution in [0.3, 0.4) is 0 Å². The fraction of sp³-hybridized carbons (Fsp3) is 0.227. The summed E-state index contributed by atoms with van der Waals surface area (Å²) in [5.41, 5.74) is 6.07. The van der Waals surface area contributed by atoms with Gasteiger partial charge in [0, 0.05) is 41.1 Å². The molecule has 5 heteroatoms. The van der Waals surface area contributed by atoms with E-state index >= 15 is 0 Å². The number of nitrogens with zero attached hydrogens (tertiary/aromatic N) is 2. The molecule has 0 spiro atoms. The molecule has 5 nitrogen and oxygen atoms in total. The van der Waals surface area contributed by atoms with Crippen molar-refractivity contribution in [1.82, 2.24) is 4.57 Å². The van der Waals surface area contributed by atoms with Crippen LogP contribution in [-0.4, -0.2) is 31.1 Å². The Morgan fingerprint density at radius 3 is 2.48 bits per heavy atom. The van der Waals surface area contributed by atoms with Crippen molar-refractivity contribution in [2.45, 2.75) is 6.42 Å². The van der Waals surface area contributed by atoms with Crippen LogP contribution in [0.2, 0.25) is 0 Å². The lowest BCUT2D eigenvalue weighted by Crippen LogP contribution is -2.02. The number of para-hydroxylation sites is 1. The second kappa shape index (κ2) is 6.73. The number of rotatable bonds is 5. The summed E-state index contributed by atoms with van der Waals surface area (Å²) in [7, 11) is 5.32. The van der Waals surface area contributed by atoms with Gasteiger partial charge in [0.15, 0.2) is 11.5 Å². The van der Waals surface area contributed by atoms with E-state index in [1.807, 2.05) is 24.3 Å². The zero-order valence-corrected chi connectivity index (χ0v) is 15.6. The molecule has 0 atom stereocenters. The van der Waals surface area contributed by atoms with Crippen LogP contribution in [0.1, 0.15) is 17.5 Å². The number of aryl methyl sites for hydroxylation is 1. The Morgan fingerprint density at radius 2 is 1.78 bits per heavy atom. The number of hydrogen-bond donors (Lipinski definition) is 0. The first-order valence-electron chi connectivity index (χ1n) is 8.69. The first kappa shape index (κ1) is 17.0. The summed E-state index contributed by atoms with van der Waals surface area (Å²) in [4.78, 5) is 5.52. The zero-order chi connectivity index (χ0) is 19.0. The molecule has 1 aliphatic rings. The number of fused-ring (bicyclic) bond motifs is 5. The average molecular weight is 360 g/mol. The van der Waals surface area contributed by atoms with E-state index in [0.717, 1.165) is 39.0 Å². The minimum atomic E-state index is 0.378. The molecule has 3 aromatic rings. The number of methoxy groups -OCH3 is 2. The Balaban J connectivity index is 1.99. The van der Waals surface area contributed by atoms with Crippen molar-refractivity contribution in [3.63, 3.8) is 0 Å². The number of aromatic nitrogens is 1. The van der Waals surface area contributed by atoms with Gasteiger partial charge in [-0.15, -0.1) is 12.3 Å². The molecule has 0 radical (unpaired) electrons. The van der Waals surface area contributed by atoms with Crippen molar-refractivity contribution < 1.29 is 14.3 Å². The largest absolute Gasteiger partial charge is 0.493 e. The van der Waals surface area contributed by atoms with E-state index < -0.39 is 0 Å². The maximum absolute atomic E-state index is 5.52. The molecule has 0 N–H and O–H groups in total. The molecule has 0 bridgehead atoms. The Labute approximate surface area is 158 Å². The fourth-order valence-electron chi connectivity index (χ4n) is 3.66. The van der Waals surface area contributed by atoms with Crippen molar-refractivity contribution in [2.75, 3.05) is 20.8 Å². The average Bonchev–Trinajstić information content (AvgIpc) is 3.17. The van der Waals surface area contributed by atoms with Crippen molar-refractivity contribution in [2.24, 2.45) is 12.2 Å². The van der Waals surface area contributed by atoms with E-state index in [1.165, 1.54) is 0 Å². The summed E-state index contributed by atoms with van der Waals surface area (Å²) in [5.74, 6) is 3.90. The summed E-state index contributed by atoms with van der Waals surface area (Å²) in [5, 5.41) is 5.58. The number of ether oxygens (including phenoxy) is 2. The molecule has 0 amide bonds. The van der Waals surface area contributed by atoms with Gasteiger partial charge in [0.2, 0.25) is 0 Å². The van der Waals surface area contributed by atoms with Gasteiger partial charge in [-0.3, -0.25) is 0 Å². The topological polar surface area (TPSA) is 45.0 Å². The molecule has 27 heavy (non-hydrogen) atoms. The summed E-state index contributed by atoms with van der Waals surface area (Å²) in [6.45, 7) is 0.378. The molecule has 2 aromatic carbocycles.